The Hall–Kier alpha value is -1.71. The van der Waals surface area contributed by atoms with Crippen LogP contribution < -0.4 is 5.32 Å². The number of aromatic nitrogens is 1. The summed E-state index contributed by atoms with van der Waals surface area (Å²) in [5, 5.41) is 3.30. The average Bonchev–Trinajstić information content (AvgIpc) is 2.34. The van der Waals surface area contributed by atoms with E-state index >= 15 is 0 Å². The highest BCUT2D eigenvalue weighted by atomic mass is 19.1. The number of fused-ring (bicyclic) bond motifs is 1. The standard InChI is InChI=1S/C13H14F2N2/c1-3-8-7-9-10(14)5-6-11(15)12(9)17-13(8)16-4-2/h5-7H,3-4H2,1-2H3,(H,16,17). The van der Waals surface area contributed by atoms with E-state index in [1.54, 1.807) is 6.07 Å². The lowest BCUT2D eigenvalue weighted by molar-refractivity contribution is 0.615. The maximum Gasteiger partial charge on any atom is 0.149 e. The van der Waals surface area contributed by atoms with Gasteiger partial charge in [-0.3, -0.25) is 0 Å². The first-order chi connectivity index (χ1) is 8.17. The average molecular weight is 236 g/mol. The van der Waals surface area contributed by atoms with Crippen LogP contribution in [-0.4, -0.2) is 11.5 Å². The fourth-order valence-corrected chi connectivity index (χ4v) is 1.82. The minimum atomic E-state index is -0.497. The zero-order chi connectivity index (χ0) is 12.4. The summed E-state index contributed by atoms with van der Waals surface area (Å²) in [5.74, 6) is -0.304. The number of hydrogen-bond acceptors (Lipinski definition) is 2. The topological polar surface area (TPSA) is 24.9 Å². The van der Waals surface area contributed by atoms with Crippen molar-refractivity contribution in [2.45, 2.75) is 20.3 Å². The third-order valence-electron chi connectivity index (χ3n) is 2.69. The Bertz CT molecular complexity index is 553. The maximum absolute atomic E-state index is 13.6. The van der Waals surface area contributed by atoms with Crippen molar-refractivity contribution in [3.63, 3.8) is 0 Å². The van der Waals surface area contributed by atoms with E-state index in [9.17, 15) is 8.78 Å². The van der Waals surface area contributed by atoms with Gasteiger partial charge in [-0.25, -0.2) is 13.8 Å². The number of nitrogens with zero attached hydrogens (tertiary/aromatic N) is 1. The summed E-state index contributed by atoms with van der Waals surface area (Å²) in [6.45, 7) is 4.59. The van der Waals surface area contributed by atoms with E-state index < -0.39 is 11.6 Å². The monoisotopic (exact) mass is 236 g/mol. The second kappa shape index (κ2) is 4.65. The minimum Gasteiger partial charge on any atom is -0.370 e. The summed E-state index contributed by atoms with van der Waals surface area (Å²) in [6, 6.07) is 3.90. The number of hydrogen-bond donors (Lipinski definition) is 1. The molecular formula is C13H14F2N2. The third kappa shape index (κ3) is 2.07. The van der Waals surface area contributed by atoms with Crippen LogP contribution in [0.1, 0.15) is 19.4 Å². The number of benzene rings is 1. The molecule has 1 aromatic carbocycles. The molecule has 0 aliphatic rings. The highest BCUT2D eigenvalue weighted by Gasteiger charge is 2.11. The summed E-state index contributed by atoms with van der Waals surface area (Å²) in [7, 11) is 0. The SMILES string of the molecule is CCNc1nc2c(F)ccc(F)c2cc1CC. The fraction of sp³-hybridized carbons (Fsp3) is 0.308. The molecule has 0 amide bonds. The van der Waals surface area contributed by atoms with E-state index in [2.05, 4.69) is 10.3 Å². The molecule has 0 spiro atoms. The largest absolute Gasteiger partial charge is 0.370 e. The number of rotatable bonds is 3. The van der Waals surface area contributed by atoms with Gasteiger partial charge in [0.1, 0.15) is 23.0 Å². The minimum absolute atomic E-state index is 0.0816. The lowest BCUT2D eigenvalue weighted by atomic mass is 10.1. The van der Waals surface area contributed by atoms with Gasteiger partial charge < -0.3 is 5.32 Å². The molecule has 0 fully saturated rings. The molecule has 0 bridgehead atoms. The number of aryl methyl sites for hydroxylation is 1. The van der Waals surface area contributed by atoms with Gasteiger partial charge in [0.15, 0.2) is 0 Å². The third-order valence-corrected chi connectivity index (χ3v) is 2.69. The molecule has 0 aliphatic carbocycles. The van der Waals surface area contributed by atoms with Crippen LogP contribution in [0.25, 0.3) is 10.9 Å². The number of pyridine rings is 1. The van der Waals surface area contributed by atoms with Crippen LogP contribution in [0.2, 0.25) is 0 Å². The predicted molar refractivity (Wildman–Crippen MR) is 65.2 cm³/mol. The van der Waals surface area contributed by atoms with E-state index in [4.69, 9.17) is 0 Å². The zero-order valence-corrected chi connectivity index (χ0v) is 9.85. The molecule has 90 valence electrons. The Labute approximate surface area is 98.7 Å². The number of halogens is 2. The second-order valence-electron chi connectivity index (χ2n) is 3.81. The van der Waals surface area contributed by atoms with E-state index in [1.165, 1.54) is 0 Å². The van der Waals surface area contributed by atoms with Crippen molar-refractivity contribution in [3.8, 4) is 0 Å². The van der Waals surface area contributed by atoms with Gasteiger partial charge in [0.05, 0.1) is 0 Å². The maximum atomic E-state index is 13.6. The summed E-state index contributed by atoms with van der Waals surface area (Å²) >= 11 is 0. The first-order valence-corrected chi connectivity index (χ1v) is 5.68. The van der Waals surface area contributed by atoms with Gasteiger partial charge in [-0.15, -0.1) is 0 Å². The van der Waals surface area contributed by atoms with E-state index in [0.717, 1.165) is 24.1 Å². The first-order valence-electron chi connectivity index (χ1n) is 5.68. The molecule has 17 heavy (non-hydrogen) atoms. The van der Waals surface area contributed by atoms with Gasteiger partial charge in [0, 0.05) is 11.9 Å². The Kier molecular flexibility index (Phi) is 3.22. The van der Waals surface area contributed by atoms with Gasteiger partial charge in [-0.2, -0.15) is 0 Å². The molecular weight excluding hydrogens is 222 g/mol. The van der Waals surface area contributed by atoms with Crippen LogP contribution >= 0.6 is 0 Å². The lowest BCUT2D eigenvalue weighted by Gasteiger charge is -2.10. The fourth-order valence-electron chi connectivity index (χ4n) is 1.82. The quantitative estimate of drug-likeness (QED) is 0.882. The van der Waals surface area contributed by atoms with Crippen molar-refractivity contribution in [2.24, 2.45) is 0 Å². The number of anilines is 1. The highest BCUT2D eigenvalue weighted by molar-refractivity contribution is 5.82. The van der Waals surface area contributed by atoms with Gasteiger partial charge >= 0.3 is 0 Å². The van der Waals surface area contributed by atoms with Crippen molar-refractivity contribution in [1.29, 1.82) is 0 Å². The summed E-state index contributed by atoms with van der Waals surface area (Å²) in [4.78, 5) is 4.17. The molecule has 0 aliphatic heterocycles. The van der Waals surface area contributed by atoms with Crippen molar-refractivity contribution in [1.82, 2.24) is 4.98 Å². The van der Waals surface area contributed by atoms with Crippen LogP contribution in [0.5, 0.6) is 0 Å². The smallest absolute Gasteiger partial charge is 0.149 e. The zero-order valence-electron chi connectivity index (χ0n) is 9.85. The van der Waals surface area contributed by atoms with Gasteiger partial charge in [-0.1, -0.05) is 6.92 Å². The molecule has 2 nitrogen and oxygen atoms in total. The van der Waals surface area contributed by atoms with Crippen LogP contribution in [0.4, 0.5) is 14.6 Å². The van der Waals surface area contributed by atoms with Crippen molar-refractivity contribution in [3.05, 3.63) is 35.4 Å². The van der Waals surface area contributed by atoms with Crippen molar-refractivity contribution < 1.29 is 8.78 Å². The molecule has 1 N–H and O–H groups in total. The Balaban J connectivity index is 2.73. The molecule has 2 rings (SSSR count). The van der Waals surface area contributed by atoms with Crippen molar-refractivity contribution >= 4 is 16.7 Å². The van der Waals surface area contributed by atoms with Crippen LogP contribution in [-0.2, 0) is 6.42 Å². The molecule has 0 saturated heterocycles. The van der Waals surface area contributed by atoms with Crippen LogP contribution in [0.3, 0.4) is 0 Å². The molecule has 4 heteroatoms. The van der Waals surface area contributed by atoms with E-state index in [1.807, 2.05) is 13.8 Å². The molecule has 2 aromatic rings. The van der Waals surface area contributed by atoms with Gasteiger partial charge in [0.2, 0.25) is 0 Å². The van der Waals surface area contributed by atoms with Gasteiger partial charge in [-0.05, 0) is 37.1 Å². The molecule has 1 aromatic heterocycles. The summed E-state index contributed by atoms with van der Waals surface area (Å²) < 4.78 is 27.1. The molecule has 0 unspecified atom stereocenters. The number of nitrogens with one attached hydrogen (secondary N) is 1. The lowest BCUT2D eigenvalue weighted by Crippen LogP contribution is -2.04. The Morgan fingerprint density at radius 2 is 1.88 bits per heavy atom. The first kappa shape index (κ1) is 11.8. The van der Waals surface area contributed by atoms with Crippen LogP contribution in [0.15, 0.2) is 18.2 Å². The van der Waals surface area contributed by atoms with E-state index in [-0.39, 0.29) is 10.9 Å². The molecule has 0 radical (unpaired) electrons. The predicted octanol–water partition coefficient (Wildman–Crippen LogP) is 3.51. The molecule has 1 heterocycles. The Morgan fingerprint density at radius 1 is 1.18 bits per heavy atom. The second-order valence-corrected chi connectivity index (χ2v) is 3.81. The van der Waals surface area contributed by atoms with Crippen LogP contribution in [0, 0.1) is 11.6 Å². The van der Waals surface area contributed by atoms with Crippen molar-refractivity contribution in [2.75, 3.05) is 11.9 Å². The van der Waals surface area contributed by atoms with Gasteiger partial charge in [0.25, 0.3) is 0 Å². The van der Waals surface area contributed by atoms with E-state index in [0.29, 0.717) is 12.4 Å². The molecule has 0 saturated carbocycles. The summed E-state index contributed by atoms with van der Waals surface area (Å²) in [5.41, 5.74) is 0.974. The highest BCUT2D eigenvalue weighted by Crippen LogP contribution is 2.25. The molecule has 0 atom stereocenters. The normalized spacial score (nSPS) is 10.8. The Morgan fingerprint density at radius 3 is 2.53 bits per heavy atom. The summed E-state index contributed by atoms with van der Waals surface area (Å²) in [6.07, 6.45) is 0.723.